The van der Waals surface area contributed by atoms with Crippen LogP contribution in [0, 0.1) is 6.92 Å². The second kappa shape index (κ2) is 11.1. The molecule has 1 aromatic heterocycles. The minimum atomic E-state index is -0.499. The van der Waals surface area contributed by atoms with E-state index < -0.39 is 11.9 Å². The van der Waals surface area contributed by atoms with Crippen molar-refractivity contribution in [3.8, 4) is 17.2 Å². The summed E-state index contributed by atoms with van der Waals surface area (Å²) in [5.41, 5.74) is 1.66. The SMILES string of the molecule is COc1cc(/C=C2\SC(=O)N(CCOc3cccc(C)c3)C2=O)cc(Br)c1OC(=O)c1cccs1. The molecule has 7 nitrogen and oxygen atoms in total. The van der Waals surface area contributed by atoms with Crippen LogP contribution in [0.25, 0.3) is 6.08 Å². The van der Waals surface area contributed by atoms with Crippen molar-refractivity contribution in [3.05, 3.63) is 79.3 Å². The number of thiophene rings is 1. The predicted octanol–water partition coefficient (Wildman–Crippen LogP) is 6.16. The summed E-state index contributed by atoms with van der Waals surface area (Å²) in [4.78, 5) is 39.6. The monoisotopic (exact) mass is 573 g/mol. The van der Waals surface area contributed by atoms with Gasteiger partial charge < -0.3 is 14.2 Å². The Balaban J connectivity index is 1.46. The lowest BCUT2D eigenvalue weighted by Gasteiger charge is -2.13. The maximum absolute atomic E-state index is 12.8. The summed E-state index contributed by atoms with van der Waals surface area (Å²) in [6.45, 7) is 2.29. The fraction of sp³-hybridized carbons (Fsp3) is 0.160. The highest BCUT2D eigenvalue weighted by atomic mass is 79.9. The van der Waals surface area contributed by atoms with Gasteiger partial charge in [-0.3, -0.25) is 14.5 Å². The summed E-state index contributed by atoms with van der Waals surface area (Å²) in [6, 6.07) is 14.3. The first kappa shape index (κ1) is 25.0. The van der Waals surface area contributed by atoms with Crippen molar-refractivity contribution in [1.29, 1.82) is 0 Å². The number of benzene rings is 2. The van der Waals surface area contributed by atoms with Crippen LogP contribution in [0.2, 0.25) is 0 Å². The lowest BCUT2D eigenvalue weighted by atomic mass is 10.2. The summed E-state index contributed by atoms with van der Waals surface area (Å²) >= 11 is 5.55. The lowest BCUT2D eigenvalue weighted by molar-refractivity contribution is -0.123. The zero-order valence-electron chi connectivity index (χ0n) is 18.8. The summed E-state index contributed by atoms with van der Waals surface area (Å²) in [5, 5.41) is 1.43. The summed E-state index contributed by atoms with van der Waals surface area (Å²) in [5.74, 6) is 0.326. The van der Waals surface area contributed by atoms with Crippen LogP contribution in [-0.4, -0.2) is 42.3 Å². The van der Waals surface area contributed by atoms with E-state index >= 15 is 0 Å². The first-order valence-electron chi connectivity index (χ1n) is 10.4. The first-order valence-corrected chi connectivity index (χ1v) is 12.9. The van der Waals surface area contributed by atoms with Gasteiger partial charge >= 0.3 is 5.97 Å². The number of halogens is 1. The van der Waals surface area contributed by atoms with E-state index in [0.29, 0.717) is 26.4 Å². The molecule has 0 bridgehead atoms. The van der Waals surface area contributed by atoms with Crippen molar-refractivity contribution in [3.63, 3.8) is 0 Å². The molecule has 2 heterocycles. The Kier molecular flexibility index (Phi) is 7.94. The lowest BCUT2D eigenvalue weighted by Crippen LogP contribution is -2.32. The summed E-state index contributed by atoms with van der Waals surface area (Å²) < 4.78 is 17.1. The number of hydrogen-bond donors (Lipinski definition) is 0. The van der Waals surface area contributed by atoms with Crippen molar-refractivity contribution in [2.24, 2.45) is 0 Å². The number of aryl methyl sites for hydroxylation is 1. The maximum Gasteiger partial charge on any atom is 0.353 e. The van der Waals surface area contributed by atoms with E-state index in [-0.39, 0.29) is 29.0 Å². The van der Waals surface area contributed by atoms with Gasteiger partial charge in [0.15, 0.2) is 11.5 Å². The zero-order chi connectivity index (χ0) is 24.9. The molecule has 0 unspecified atom stereocenters. The van der Waals surface area contributed by atoms with Gasteiger partial charge in [0, 0.05) is 0 Å². The predicted molar refractivity (Wildman–Crippen MR) is 139 cm³/mol. The molecule has 0 N–H and O–H groups in total. The Labute approximate surface area is 218 Å². The fourth-order valence-electron chi connectivity index (χ4n) is 3.26. The molecule has 35 heavy (non-hydrogen) atoms. The molecule has 10 heteroatoms. The molecule has 0 radical (unpaired) electrons. The fourth-order valence-corrected chi connectivity index (χ4v) is 5.27. The molecule has 0 spiro atoms. The number of carbonyl (C=O) groups is 3. The Hall–Kier alpha value is -3.08. The maximum atomic E-state index is 12.8. The molecule has 1 aliphatic heterocycles. The molecule has 3 aromatic rings. The van der Waals surface area contributed by atoms with E-state index in [4.69, 9.17) is 14.2 Å². The number of nitrogens with zero attached hydrogens (tertiary/aromatic N) is 1. The van der Waals surface area contributed by atoms with Crippen LogP contribution >= 0.6 is 39.0 Å². The minimum absolute atomic E-state index is 0.139. The molecule has 2 aromatic carbocycles. The quantitative estimate of drug-likeness (QED) is 0.181. The second-order valence-corrected chi connectivity index (χ2v) is 10.2. The van der Waals surface area contributed by atoms with E-state index in [9.17, 15) is 14.4 Å². The first-order chi connectivity index (χ1) is 16.9. The minimum Gasteiger partial charge on any atom is -0.493 e. The average Bonchev–Trinajstić information content (AvgIpc) is 3.45. The van der Waals surface area contributed by atoms with E-state index in [1.54, 1.807) is 35.7 Å². The molecule has 0 atom stereocenters. The Morgan fingerprint density at radius 2 is 1.97 bits per heavy atom. The van der Waals surface area contributed by atoms with Gasteiger partial charge in [0.2, 0.25) is 0 Å². The van der Waals surface area contributed by atoms with Crippen LogP contribution in [0.5, 0.6) is 17.2 Å². The van der Waals surface area contributed by atoms with Crippen LogP contribution in [0.1, 0.15) is 20.8 Å². The molecule has 4 rings (SSSR count). The normalized spacial score (nSPS) is 14.5. The number of rotatable bonds is 8. The Morgan fingerprint density at radius 3 is 2.69 bits per heavy atom. The van der Waals surface area contributed by atoms with E-state index in [1.165, 1.54) is 18.4 Å². The average molecular weight is 574 g/mol. The van der Waals surface area contributed by atoms with Crippen LogP contribution < -0.4 is 14.2 Å². The van der Waals surface area contributed by atoms with E-state index in [0.717, 1.165) is 22.2 Å². The van der Waals surface area contributed by atoms with Crippen molar-refractivity contribution in [2.75, 3.05) is 20.3 Å². The van der Waals surface area contributed by atoms with Crippen LogP contribution in [0.4, 0.5) is 4.79 Å². The van der Waals surface area contributed by atoms with Crippen LogP contribution in [0.15, 0.2) is 63.3 Å². The summed E-state index contributed by atoms with van der Waals surface area (Å²) in [6.07, 6.45) is 1.60. The Bertz CT molecular complexity index is 1310. The largest absolute Gasteiger partial charge is 0.493 e. The zero-order valence-corrected chi connectivity index (χ0v) is 22.0. The molecule has 180 valence electrons. The van der Waals surface area contributed by atoms with Gasteiger partial charge in [0.1, 0.15) is 17.2 Å². The highest BCUT2D eigenvalue weighted by Crippen LogP contribution is 2.39. The van der Waals surface area contributed by atoms with Crippen molar-refractivity contribution < 1.29 is 28.6 Å². The highest BCUT2D eigenvalue weighted by molar-refractivity contribution is 9.10. The number of hydrogen-bond acceptors (Lipinski definition) is 8. The van der Waals surface area contributed by atoms with E-state index in [2.05, 4.69) is 15.9 Å². The highest BCUT2D eigenvalue weighted by Gasteiger charge is 2.35. The van der Waals surface area contributed by atoms with Gasteiger partial charge in [-0.2, -0.15) is 0 Å². The molecule has 0 aliphatic carbocycles. The standard InChI is InChI=1S/C25H20BrNO6S2/c1-15-5-3-6-17(11-15)32-9-8-27-23(28)21(35-25(27)30)14-16-12-18(26)22(19(13-16)31-2)33-24(29)20-7-4-10-34-20/h3-7,10-14H,8-9H2,1-2H3/b21-14-. The number of thioether (sulfide) groups is 1. The molecular weight excluding hydrogens is 554 g/mol. The summed E-state index contributed by atoms with van der Waals surface area (Å²) in [7, 11) is 1.45. The number of methoxy groups -OCH3 is 1. The van der Waals surface area contributed by atoms with Crippen molar-refractivity contribution in [1.82, 2.24) is 4.90 Å². The van der Waals surface area contributed by atoms with E-state index in [1.807, 2.05) is 31.2 Å². The van der Waals surface area contributed by atoms with Gasteiger partial charge in [0.05, 0.1) is 23.0 Å². The number of amides is 2. The molecule has 2 amide bonds. The number of carbonyl (C=O) groups excluding carboxylic acids is 3. The smallest absolute Gasteiger partial charge is 0.353 e. The number of ether oxygens (including phenoxy) is 3. The van der Waals surface area contributed by atoms with Crippen LogP contribution in [-0.2, 0) is 4.79 Å². The van der Waals surface area contributed by atoms with Gasteiger partial charge in [-0.15, -0.1) is 11.3 Å². The van der Waals surface area contributed by atoms with Gasteiger partial charge in [-0.25, -0.2) is 4.79 Å². The number of esters is 1. The van der Waals surface area contributed by atoms with Gasteiger partial charge in [0.25, 0.3) is 11.1 Å². The van der Waals surface area contributed by atoms with Crippen LogP contribution in [0.3, 0.4) is 0 Å². The van der Waals surface area contributed by atoms with Gasteiger partial charge in [-0.1, -0.05) is 18.2 Å². The molecule has 1 fully saturated rings. The molecule has 1 saturated heterocycles. The third kappa shape index (κ3) is 5.95. The Morgan fingerprint density at radius 1 is 1.14 bits per heavy atom. The molecule has 1 aliphatic rings. The van der Waals surface area contributed by atoms with Gasteiger partial charge in [-0.05, 0) is 87.5 Å². The molecular formula is C25H20BrNO6S2. The third-order valence-electron chi connectivity index (χ3n) is 4.91. The van der Waals surface area contributed by atoms with Crippen molar-refractivity contribution in [2.45, 2.75) is 6.92 Å². The second-order valence-electron chi connectivity index (χ2n) is 7.40. The third-order valence-corrected chi connectivity index (χ3v) is 7.26. The molecule has 0 saturated carbocycles. The number of imide groups is 1. The van der Waals surface area contributed by atoms with Crippen molar-refractivity contribution >= 4 is 62.2 Å². The topological polar surface area (TPSA) is 82.1 Å².